The first-order valence-corrected chi connectivity index (χ1v) is 6.62. The second kappa shape index (κ2) is 5.22. The lowest BCUT2D eigenvalue weighted by molar-refractivity contribution is -0.0193. The number of ether oxygens (including phenoxy) is 1. The van der Waals surface area contributed by atoms with E-state index in [-0.39, 0.29) is 22.6 Å². The van der Waals surface area contributed by atoms with E-state index in [1.165, 1.54) is 6.07 Å². The fourth-order valence-electron chi connectivity index (χ4n) is 2.07. The molecule has 1 aromatic rings. The molecule has 1 N–H and O–H groups in total. The van der Waals surface area contributed by atoms with E-state index in [1.807, 2.05) is 6.92 Å². The largest absolute Gasteiger partial charge is 0.386 e. The lowest BCUT2D eigenvalue weighted by atomic mass is 9.94. The quantitative estimate of drug-likeness (QED) is 0.841. The van der Waals surface area contributed by atoms with Crippen LogP contribution in [0.25, 0.3) is 0 Å². The topological polar surface area (TPSA) is 29.5 Å². The molecule has 1 aromatic carbocycles. The molecule has 2 rings (SSSR count). The summed E-state index contributed by atoms with van der Waals surface area (Å²) in [6, 6.07) is 3.16. The van der Waals surface area contributed by atoms with E-state index >= 15 is 0 Å². The Morgan fingerprint density at radius 2 is 2.29 bits per heavy atom. The van der Waals surface area contributed by atoms with Gasteiger partial charge in [0, 0.05) is 16.6 Å². The Morgan fingerprint density at radius 1 is 1.59 bits per heavy atom. The summed E-state index contributed by atoms with van der Waals surface area (Å²) in [5, 5.41) is 10.1. The predicted molar refractivity (Wildman–Crippen MR) is 67.6 cm³/mol. The highest BCUT2D eigenvalue weighted by Crippen LogP contribution is 2.36. The maximum atomic E-state index is 13.9. The molecule has 0 amide bonds. The van der Waals surface area contributed by atoms with Gasteiger partial charge in [-0.25, -0.2) is 4.39 Å². The third kappa shape index (κ3) is 2.50. The van der Waals surface area contributed by atoms with Gasteiger partial charge in [-0.1, -0.05) is 24.6 Å². The minimum atomic E-state index is -0.974. The van der Waals surface area contributed by atoms with Gasteiger partial charge in [-0.3, -0.25) is 0 Å². The van der Waals surface area contributed by atoms with E-state index in [4.69, 9.17) is 16.3 Å². The molecule has 94 valence electrons. The molecule has 3 atom stereocenters. The van der Waals surface area contributed by atoms with E-state index in [2.05, 4.69) is 15.9 Å². The van der Waals surface area contributed by atoms with Crippen LogP contribution in [0.5, 0.6) is 0 Å². The van der Waals surface area contributed by atoms with Crippen molar-refractivity contribution in [3.05, 3.63) is 33.0 Å². The second-order valence-electron chi connectivity index (χ2n) is 4.31. The third-order valence-electron chi connectivity index (χ3n) is 3.14. The van der Waals surface area contributed by atoms with Gasteiger partial charge in [-0.15, -0.1) is 0 Å². The summed E-state index contributed by atoms with van der Waals surface area (Å²) in [5.41, 5.74) is 0.192. The smallest absolute Gasteiger partial charge is 0.148 e. The maximum Gasteiger partial charge on any atom is 0.148 e. The van der Waals surface area contributed by atoms with Crippen molar-refractivity contribution in [2.75, 3.05) is 6.61 Å². The van der Waals surface area contributed by atoms with Crippen LogP contribution in [-0.4, -0.2) is 17.8 Å². The Balaban J connectivity index is 2.31. The van der Waals surface area contributed by atoms with Crippen molar-refractivity contribution in [2.45, 2.75) is 25.6 Å². The molecule has 1 aliphatic rings. The molecule has 0 aliphatic carbocycles. The first-order valence-electron chi connectivity index (χ1n) is 5.45. The number of hydrogen-bond acceptors (Lipinski definition) is 2. The summed E-state index contributed by atoms with van der Waals surface area (Å²) in [7, 11) is 0. The molecule has 5 heteroatoms. The minimum Gasteiger partial charge on any atom is -0.386 e. The van der Waals surface area contributed by atoms with Crippen molar-refractivity contribution in [1.82, 2.24) is 0 Å². The van der Waals surface area contributed by atoms with Gasteiger partial charge in [0.2, 0.25) is 0 Å². The van der Waals surface area contributed by atoms with Crippen LogP contribution in [0.3, 0.4) is 0 Å². The van der Waals surface area contributed by atoms with Gasteiger partial charge in [0.1, 0.15) is 11.9 Å². The lowest BCUT2D eigenvalue weighted by Crippen LogP contribution is -2.24. The molecular formula is C12H13BrClFO2. The molecular weight excluding hydrogens is 310 g/mol. The van der Waals surface area contributed by atoms with Crippen LogP contribution in [-0.2, 0) is 4.74 Å². The van der Waals surface area contributed by atoms with Gasteiger partial charge in [-0.05, 0) is 34.3 Å². The highest BCUT2D eigenvalue weighted by Gasteiger charge is 2.33. The molecule has 1 heterocycles. The zero-order valence-electron chi connectivity index (χ0n) is 9.29. The normalized spacial score (nSPS) is 26.2. The number of hydrogen-bond donors (Lipinski definition) is 1. The van der Waals surface area contributed by atoms with Gasteiger partial charge >= 0.3 is 0 Å². The van der Waals surface area contributed by atoms with Crippen LogP contribution in [0.2, 0.25) is 5.02 Å². The Morgan fingerprint density at radius 3 is 2.88 bits per heavy atom. The molecule has 0 bridgehead atoms. The van der Waals surface area contributed by atoms with Crippen molar-refractivity contribution < 1.29 is 14.2 Å². The Kier molecular flexibility index (Phi) is 4.08. The summed E-state index contributed by atoms with van der Waals surface area (Å²) in [5.74, 6) is -0.372. The molecule has 17 heavy (non-hydrogen) atoms. The van der Waals surface area contributed by atoms with Crippen LogP contribution in [0.15, 0.2) is 16.6 Å². The number of aliphatic hydroxyl groups excluding tert-OH is 1. The van der Waals surface area contributed by atoms with Gasteiger partial charge in [0.05, 0.1) is 11.1 Å². The molecule has 0 radical (unpaired) electrons. The standard InChI is InChI=1S/C12H13BrClFO2/c1-6-4-5-17-12(6)11(16)7-2-3-8(13)9(14)10(7)15/h2-3,6,11-12,16H,4-5H2,1H3. The van der Waals surface area contributed by atoms with E-state index in [0.717, 1.165) is 6.42 Å². The average Bonchev–Trinajstić information content (AvgIpc) is 2.72. The van der Waals surface area contributed by atoms with Crippen LogP contribution >= 0.6 is 27.5 Å². The van der Waals surface area contributed by atoms with Gasteiger partial charge in [0.25, 0.3) is 0 Å². The number of benzene rings is 1. The van der Waals surface area contributed by atoms with Crippen molar-refractivity contribution >= 4 is 27.5 Å². The monoisotopic (exact) mass is 322 g/mol. The van der Waals surface area contributed by atoms with Crippen LogP contribution < -0.4 is 0 Å². The molecule has 3 unspecified atom stereocenters. The zero-order chi connectivity index (χ0) is 12.6. The Labute approximate surface area is 113 Å². The number of aliphatic hydroxyl groups is 1. The third-order valence-corrected chi connectivity index (χ3v) is 4.40. The predicted octanol–water partition coefficient (Wildman–Crippen LogP) is 3.70. The Hall–Kier alpha value is -0.160. The fourth-order valence-corrected chi connectivity index (χ4v) is 2.55. The molecule has 1 aliphatic heterocycles. The number of halogens is 3. The number of rotatable bonds is 2. The van der Waals surface area contributed by atoms with E-state index in [9.17, 15) is 9.50 Å². The van der Waals surface area contributed by atoms with Crippen molar-refractivity contribution in [3.8, 4) is 0 Å². The Bertz CT molecular complexity index is 427. The summed E-state index contributed by atoms with van der Waals surface area (Å²) in [6.07, 6.45) is -0.451. The van der Waals surface area contributed by atoms with Crippen LogP contribution in [0, 0.1) is 11.7 Å². The average molecular weight is 324 g/mol. The fraction of sp³-hybridized carbons (Fsp3) is 0.500. The zero-order valence-corrected chi connectivity index (χ0v) is 11.6. The molecule has 1 fully saturated rings. The molecule has 0 aromatic heterocycles. The first kappa shape index (κ1) is 13.3. The van der Waals surface area contributed by atoms with Gasteiger partial charge in [0.15, 0.2) is 0 Å². The lowest BCUT2D eigenvalue weighted by Gasteiger charge is -2.22. The first-order chi connectivity index (χ1) is 8.02. The minimum absolute atomic E-state index is 0.00722. The summed E-state index contributed by atoms with van der Waals surface area (Å²) in [6.45, 7) is 2.59. The van der Waals surface area contributed by atoms with Crippen LogP contribution in [0.1, 0.15) is 25.0 Å². The van der Waals surface area contributed by atoms with Gasteiger partial charge in [-0.2, -0.15) is 0 Å². The van der Waals surface area contributed by atoms with Crippen molar-refractivity contribution in [1.29, 1.82) is 0 Å². The molecule has 2 nitrogen and oxygen atoms in total. The van der Waals surface area contributed by atoms with Crippen molar-refractivity contribution in [3.63, 3.8) is 0 Å². The second-order valence-corrected chi connectivity index (χ2v) is 5.54. The molecule has 1 saturated heterocycles. The van der Waals surface area contributed by atoms with Crippen LogP contribution in [0.4, 0.5) is 4.39 Å². The van der Waals surface area contributed by atoms with Crippen molar-refractivity contribution in [2.24, 2.45) is 5.92 Å². The summed E-state index contributed by atoms with van der Waals surface area (Å²) < 4.78 is 19.8. The summed E-state index contributed by atoms with van der Waals surface area (Å²) in [4.78, 5) is 0. The summed E-state index contributed by atoms with van der Waals surface area (Å²) >= 11 is 8.94. The highest BCUT2D eigenvalue weighted by atomic mass is 79.9. The molecule has 0 saturated carbocycles. The SMILES string of the molecule is CC1CCOC1C(O)c1ccc(Br)c(Cl)c1F. The van der Waals surface area contributed by atoms with E-state index in [0.29, 0.717) is 11.1 Å². The van der Waals surface area contributed by atoms with Gasteiger partial charge < -0.3 is 9.84 Å². The molecule has 0 spiro atoms. The van der Waals surface area contributed by atoms with E-state index in [1.54, 1.807) is 6.07 Å². The maximum absolute atomic E-state index is 13.9. The highest BCUT2D eigenvalue weighted by molar-refractivity contribution is 9.10. The van der Waals surface area contributed by atoms with E-state index < -0.39 is 11.9 Å².